The van der Waals surface area contributed by atoms with Crippen LogP contribution in [0.1, 0.15) is 11.1 Å². The number of anilines is 2. The van der Waals surface area contributed by atoms with Gasteiger partial charge in [-0.3, -0.25) is 0 Å². The second-order valence-electron chi connectivity index (χ2n) is 4.52. The normalized spacial score (nSPS) is 10.0. The van der Waals surface area contributed by atoms with Crippen molar-refractivity contribution in [3.8, 4) is 6.07 Å². The lowest BCUT2D eigenvalue weighted by molar-refractivity contribution is 0.858. The first-order chi connectivity index (χ1) is 10.2. The molecule has 0 radical (unpaired) electrons. The third-order valence-electron chi connectivity index (χ3n) is 3.00. The van der Waals surface area contributed by atoms with Crippen LogP contribution in [0.3, 0.4) is 0 Å². The molecule has 1 aromatic carbocycles. The van der Waals surface area contributed by atoms with Crippen LogP contribution < -0.4 is 10.2 Å². The van der Waals surface area contributed by atoms with Crippen molar-refractivity contribution in [1.29, 1.82) is 5.26 Å². The predicted octanol–water partition coefficient (Wildman–Crippen LogP) is 2.75. The maximum Gasteiger partial charge on any atom is 0.191 e. The molecule has 1 heterocycles. The smallest absolute Gasteiger partial charge is 0.191 e. The second kappa shape index (κ2) is 6.95. The molecule has 0 aliphatic heterocycles. The van der Waals surface area contributed by atoms with Crippen molar-refractivity contribution in [3.05, 3.63) is 41.5 Å². The molecule has 21 heavy (non-hydrogen) atoms. The molecule has 1 N–H and O–H groups in total. The lowest BCUT2D eigenvalue weighted by atomic mass is 10.1. The number of aromatic nitrogens is 2. The van der Waals surface area contributed by atoms with Gasteiger partial charge < -0.3 is 10.2 Å². The summed E-state index contributed by atoms with van der Waals surface area (Å²) in [5, 5.41) is 12.7. The monoisotopic (exact) mass is 299 g/mol. The average molecular weight is 299 g/mol. The van der Waals surface area contributed by atoms with Crippen molar-refractivity contribution in [2.75, 3.05) is 30.6 Å². The first-order valence-corrected chi connectivity index (χ1v) is 7.69. The summed E-state index contributed by atoms with van der Waals surface area (Å²) in [5.74, 6) is 1.64. The topological polar surface area (TPSA) is 64.8 Å². The third kappa shape index (κ3) is 3.86. The van der Waals surface area contributed by atoms with Crippen LogP contribution in [0.2, 0.25) is 0 Å². The molecule has 6 heteroatoms. The number of nitriles is 1. The molecular weight excluding hydrogens is 282 g/mol. The molecule has 0 saturated carbocycles. The van der Waals surface area contributed by atoms with Gasteiger partial charge in [0.1, 0.15) is 11.6 Å². The Morgan fingerprint density at radius 1 is 1.33 bits per heavy atom. The number of hydrogen-bond acceptors (Lipinski definition) is 6. The quantitative estimate of drug-likeness (QED) is 0.676. The van der Waals surface area contributed by atoms with Crippen molar-refractivity contribution in [3.63, 3.8) is 0 Å². The molecule has 0 bridgehead atoms. The first kappa shape index (κ1) is 15.1. The van der Waals surface area contributed by atoms with Gasteiger partial charge in [-0.05, 0) is 24.0 Å². The summed E-state index contributed by atoms with van der Waals surface area (Å²) < 4.78 is 0. The van der Waals surface area contributed by atoms with E-state index < -0.39 is 0 Å². The van der Waals surface area contributed by atoms with Crippen LogP contribution in [-0.4, -0.2) is 30.3 Å². The zero-order valence-corrected chi connectivity index (χ0v) is 13.1. The molecular formula is C15H17N5S. The zero-order chi connectivity index (χ0) is 15.2. The van der Waals surface area contributed by atoms with Crippen molar-refractivity contribution in [2.45, 2.75) is 11.7 Å². The Kier molecular flexibility index (Phi) is 5.01. The van der Waals surface area contributed by atoms with Gasteiger partial charge in [0, 0.05) is 26.7 Å². The molecule has 0 unspecified atom stereocenters. The van der Waals surface area contributed by atoms with Crippen molar-refractivity contribution in [2.24, 2.45) is 0 Å². The maximum atomic E-state index is 8.95. The van der Waals surface area contributed by atoms with Gasteiger partial charge in [-0.2, -0.15) is 5.26 Å². The number of hydrogen-bond donors (Lipinski definition) is 1. The van der Waals surface area contributed by atoms with Crippen LogP contribution >= 0.6 is 11.8 Å². The summed E-state index contributed by atoms with van der Waals surface area (Å²) in [6.45, 7) is 0.684. The third-order valence-corrected chi connectivity index (χ3v) is 3.55. The highest BCUT2D eigenvalue weighted by Crippen LogP contribution is 2.20. The van der Waals surface area contributed by atoms with Gasteiger partial charge in [0.05, 0.1) is 11.6 Å². The molecule has 0 spiro atoms. The number of nitrogens with zero attached hydrogens (tertiary/aromatic N) is 4. The molecule has 0 amide bonds. The maximum absolute atomic E-state index is 8.95. The van der Waals surface area contributed by atoms with Crippen LogP contribution in [-0.2, 0) is 6.54 Å². The van der Waals surface area contributed by atoms with Crippen LogP contribution in [0.4, 0.5) is 11.6 Å². The van der Waals surface area contributed by atoms with Crippen LogP contribution in [0.5, 0.6) is 0 Å². The fourth-order valence-electron chi connectivity index (χ4n) is 1.92. The minimum atomic E-state index is 0.671. The highest BCUT2D eigenvalue weighted by Gasteiger charge is 2.08. The van der Waals surface area contributed by atoms with Gasteiger partial charge in [-0.1, -0.05) is 23.9 Å². The van der Waals surface area contributed by atoms with E-state index in [1.807, 2.05) is 49.5 Å². The van der Waals surface area contributed by atoms with Crippen LogP contribution in [0, 0.1) is 11.3 Å². The van der Waals surface area contributed by atoms with Gasteiger partial charge in [0.15, 0.2) is 5.16 Å². The zero-order valence-electron chi connectivity index (χ0n) is 12.3. The molecule has 108 valence electrons. The van der Waals surface area contributed by atoms with Gasteiger partial charge in [-0.25, -0.2) is 9.97 Å². The Balaban J connectivity index is 2.23. The number of nitrogens with one attached hydrogen (secondary N) is 1. The van der Waals surface area contributed by atoms with E-state index in [1.54, 1.807) is 6.07 Å². The van der Waals surface area contributed by atoms with Gasteiger partial charge in [0.25, 0.3) is 0 Å². The van der Waals surface area contributed by atoms with Gasteiger partial charge in [-0.15, -0.1) is 0 Å². The Hall–Kier alpha value is -2.26. The average Bonchev–Trinajstić information content (AvgIpc) is 2.54. The molecule has 0 aliphatic carbocycles. The standard InChI is InChI=1S/C15H17N5S/c1-17-13-8-14(19-15(18-13)21-3)20(2)10-12-6-4-5-11(7-12)9-16/h4-8H,10H2,1-3H3,(H,17,18,19). The van der Waals surface area contributed by atoms with E-state index in [0.29, 0.717) is 12.1 Å². The van der Waals surface area contributed by atoms with Crippen LogP contribution in [0.15, 0.2) is 35.5 Å². The van der Waals surface area contributed by atoms with E-state index in [2.05, 4.69) is 21.4 Å². The number of rotatable bonds is 5. The fraction of sp³-hybridized carbons (Fsp3) is 0.267. The van der Waals surface area contributed by atoms with E-state index >= 15 is 0 Å². The summed E-state index contributed by atoms with van der Waals surface area (Å²) >= 11 is 1.51. The molecule has 0 saturated heterocycles. The predicted molar refractivity (Wildman–Crippen MR) is 86.6 cm³/mol. The molecule has 0 atom stereocenters. The second-order valence-corrected chi connectivity index (χ2v) is 5.29. The van der Waals surface area contributed by atoms with Crippen molar-refractivity contribution < 1.29 is 0 Å². The summed E-state index contributed by atoms with van der Waals surface area (Å²) in [7, 11) is 3.82. The highest BCUT2D eigenvalue weighted by atomic mass is 32.2. The molecule has 1 aromatic heterocycles. The van der Waals surface area contributed by atoms with E-state index in [1.165, 1.54) is 11.8 Å². The summed E-state index contributed by atoms with van der Waals surface area (Å²) in [6, 6.07) is 11.7. The van der Waals surface area contributed by atoms with E-state index in [4.69, 9.17) is 5.26 Å². The fourth-order valence-corrected chi connectivity index (χ4v) is 2.30. The first-order valence-electron chi connectivity index (χ1n) is 6.47. The Labute approximate surface area is 129 Å². The summed E-state index contributed by atoms with van der Waals surface area (Å²) in [6.07, 6.45) is 1.95. The molecule has 0 aliphatic rings. The SMILES string of the molecule is CNc1cc(N(C)Cc2cccc(C#N)c2)nc(SC)n1. The summed E-state index contributed by atoms with van der Waals surface area (Å²) in [5.41, 5.74) is 1.75. The summed E-state index contributed by atoms with van der Waals surface area (Å²) in [4.78, 5) is 10.9. The van der Waals surface area contributed by atoms with Gasteiger partial charge in [0.2, 0.25) is 0 Å². The lowest BCUT2D eigenvalue weighted by Crippen LogP contribution is -2.18. The molecule has 0 fully saturated rings. The van der Waals surface area contributed by atoms with E-state index in [9.17, 15) is 0 Å². The Morgan fingerprint density at radius 3 is 2.81 bits per heavy atom. The minimum Gasteiger partial charge on any atom is -0.373 e. The van der Waals surface area contributed by atoms with Crippen molar-refractivity contribution >= 4 is 23.4 Å². The lowest BCUT2D eigenvalue weighted by Gasteiger charge is -2.19. The molecule has 5 nitrogen and oxygen atoms in total. The van der Waals surface area contributed by atoms with E-state index in [-0.39, 0.29) is 0 Å². The Bertz CT molecular complexity index is 643. The number of thioether (sulfide) groups is 1. The Morgan fingerprint density at radius 2 is 2.14 bits per heavy atom. The van der Waals surface area contributed by atoms with Crippen LogP contribution in [0.25, 0.3) is 0 Å². The molecule has 2 aromatic rings. The number of benzene rings is 1. The molecule has 2 rings (SSSR count). The van der Waals surface area contributed by atoms with E-state index in [0.717, 1.165) is 22.4 Å². The minimum absolute atomic E-state index is 0.671. The highest BCUT2D eigenvalue weighted by molar-refractivity contribution is 7.98. The van der Waals surface area contributed by atoms with Crippen molar-refractivity contribution in [1.82, 2.24) is 9.97 Å². The van der Waals surface area contributed by atoms with Gasteiger partial charge >= 0.3 is 0 Å². The largest absolute Gasteiger partial charge is 0.373 e.